The number of nitrogens with zero attached hydrogens (tertiary/aromatic N) is 1. The average molecular weight is 264 g/mol. The molecule has 106 valence electrons. The standard InChI is InChI=1S/C16H25FN2/c1-3-18-11-14-8-9-16(15(17)10-14)19(2)12-13-6-4-5-7-13/h8-10,13,18H,3-7,11-12H2,1-2H3. The molecule has 0 amide bonds. The molecule has 0 aliphatic heterocycles. The van der Waals surface area contributed by atoms with Gasteiger partial charge in [-0.25, -0.2) is 4.39 Å². The van der Waals surface area contributed by atoms with Crippen molar-refractivity contribution in [1.29, 1.82) is 0 Å². The molecule has 1 saturated carbocycles. The third-order valence-corrected chi connectivity index (χ3v) is 4.01. The van der Waals surface area contributed by atoms with Gasteiger partial charge in [-0.15, -0.1) is 0 Å². The fourth-order valence-electron chi connectivity index (χ4n) is 2.92. The van der Waals surface area contributed by atoms with E-state index in [0.29, 0.717) is 0 Å². The molecule has 1 fully saturated rings. The van der Waals surface area contributed by atoms with E-state index in [4.69, 9.17) is 0 Å². The van der Waals surface area contributed by atoms with Gasteiger partial charge in [0.15, 0.2) is 0 Å². The van der Waals surface area contributed by atoms with Gasteiger partial charge in [0.25, 0.3) is 0 Å². The smallest absolute Gasteiger partial charge is 0.146 e. The summed E-state index contributed by atoms with van der Waals surface area (Å²) in [6.45, 7) is 4.68. The van der Waals surface area contributed by atoms with Crippen LogP contribution in [-0.2, 0) is 6.54 Å². The second-order valence-electron chi connectivity index (χ2n) is 5.60. The van der Waals surface area contributed by atoms with Crippen LogP contribution in [0.2, 0.25) is 0 Å². The lowest BCUT2D eigenvalue weighted by atomic mass is 10.1. The zero-order valence-electron chi connectivity index (χ0n) is 12.1. The Bertz CT molecular complexity index is 400. The molecule has 2 rings (SSSR count). The highest BCUT2D eigenvalue weighted by Crippen LogP contribution is 2.28. The minimum atomic E-state index is -0.101. The van der Waals surface area contributed by atoms with E-state index in [0.717, 1.165) is 36.8 Å². The Morgan fingerprint density at radius 1 is 1.32 bits per heavy atom. The number of nitrogens with one attached hydrogen (secondary N) is 1. The first-order chi connectivity index (χ1) is 9.20. The summed E-state index contributed by atoms with van der Waals surface area (Å²) in [5, 5.41) is 3.22. The molecule has 1 aromatic carbocycles. The first-order valence-corrected chi connectivity index (χ1v) is 7.41. The molecule has 2 nitrogen and oxygen atoms in total. The Morgan fingerprint density at radius 3 is 2.68 bits per heavy atom. The van der Waals surface area contributed by atoms with E-state index < -0.39 is 0 Å². The SMILES string of the molecule is CCNCc1ccc(N(C)CC2CCCC2)c(F)c1. The molecular formula is C16H25FN2. The minimum absolute atomic E-state index is 0.101. The third-order valence-electron chi connectivity index (χ3n) is 4.01. The number of halogens is 1. The zero-order valence-corrected chi connectivity index (χ0v) is 12.1. The molecule has 0 atom stereocenters. The van der Waals surface area contributed by atoms with E-state index in [2.05, 4.69) is 17.1 Å². The number of hydrogen-bond acceptors (Lipinski definition) is 2. The summed E-state index contributed by atoms with van der Waals surface area (Å²) in [6, 6.07) is 5.59. The van der Waals surface area contributed by atoms with Crippen molar-refractivity contribution in [3.05, 3.63) is 29.6 Å². The highest BCUT2D eigenvalue weighted by molar-refractivity contribution is 5.48. The number of hydrogen-bond donors (Lipinski definition) is 1. The lowest BCUT2D eigenvalue weighted by Crippen LogP contribution is -2.25. The van der Waals surface area contributed by atoms with Gasteiger partial charge in [0, 0.05) is 20.1 Å². The number of rotatable bonds is 6. The van der Waals surface area contributed by atoms with Crippen LogP contribution in [0.25, 0.3) is 0 Å². The topological polar surface area (TPSA) is 15.3 Å². The van der Waals surface area contributed by atoms with Crippen molar-refractivity contribution >= 4 is 5.69 Å². The van der Waals surface area contributed by atoms with Gasteiger partial charge < -0.3 is 10.2 Å². The molecule has 0 aromatic heterocycles. The van der Waals surface area contributed by atoms with Crippen molar-refractivity contribution in [3.63, 3.8) is 0 Å². The van der Waals surface area contributed by atoms with Gasteiger partial charge in [-0.05, 0) is 43.0 Å². The third kappa shape index (κ3) is 3.93. The van der Waals surface area contributed by atoms with E-state index in [1.807, 2.05) is 19.2 Å². The normalized spacial score (nSPS) is 15.9. The molecule has 0 heterocycles. The van der Waals surface area contributed by atoms with E-state index >= 15 is 0 Å². The Balaban J connectivity index is 1.98. The maximum atomic E-state index is 14.1. The molecule has 1 aliphatic carbocycles. The van der Waals surface area contributed by atoms with Crippen molar-refractivity contribution in [3.8, 4) is 0 Å². The molecule has 0 bridgehead atoms. The molecule has 0 radical (unpaired) electrons. The van der Waals surface area contributed by atoms with Crippen molar-refractivity contribution in [1.82, 2.24) is 5.32 Å². The van der Waals surface area contributed by atoms with Gasteiger partial charge in [-0.2, -0.15) is 0 Å². The maximum absolute atomic E-state index is 14.1. The van der Waals surface area contributed by atoms with Crippen LogP contribution >= 0.6 is 0 Å². The maximum Gasteiger partial charge on any atom is 0.146 e. The van der Waals surface area contributed by atoms with Crippen LogP contribution in [0.15, 0.2) is 18.2 Å². The summed E-state index contributed by atoms with van der Waals surface area (Å²) in [5.41, 5.74) is 1.74. The monoisotopic (exact) mass is 264 g/mol. The molecule has 0 spiro atoms. The van der Waals surface area contributed by atoms with Gasteiger partial charge in [0.05, 0.1) is 5.69 Å². The molecule has 1 aromatic rings. The lowest BCUT2D eigenvalue weighted by molar-refractivity contribution is 0.538. The summed E-state index contributed by atoms with van der Waals surface area (Å²) in [6.07, 6.45) is 5.26. The van der Waals surface area contributed by atoms with Gasteiger partial charge in [-0.3, -0.25) is 0 Å². The van der Waals surface area contributed by atoms with E-state index in [9.17, 15) is 4.39 Å². The summed E-state index contributed by atoms with van der Waals surface area (Å²) in [4.78, 5) is 2.07. The molecule has 19 heavy (non-hydrogen) atoms. The van der Waals surface area contributed by atoms with Crippen molar-refractivity contribution < 1.29 is 4.39 Å². The zero-order chi connectivity index (χ0) is 13.7. The fraction of sp³-hybridized carbons (Fsp3) is 0.625. The van der Waals surface area contributed by atoms with Crippen LogP contribution in [0.1, 0.15) is 38.2 Å². The molecular weight excluding hydrogens is 239 g/mol. The second-order valence-corrected chi connectivity index (χ2v) is 5.60. The molecule has 0 unspecified atom stereocenters. The Kier molecular flexibility index (Phi) is 5.20. The number of anilines is 1. The van der Waals surface area contributed by atoms with Gasteiger partial charge in [0.1, 0.15) is 5.82 Å². The van der Waals surface area contributed by atoms with Crippen molar-refractivity contribution in [2.75, 3.05) is 25.0 Å². The summed E-state index contributed by atoms with van der Waals surface area (Å²) in [7, 11) is 2.00. The van der Waals surface area contributed by atoms with Crippen LogP contribution in [0.4, 0.5) is 10.1 Å². The fourth-order valence-corrected chi connectivity index (χ4v) is 2.92. The van der Waals surface area contributed by atoms with Crippen LogP contribution in [0.5, 0.6) is 0 Å². The van der Waals surface area contributed by atoms with Crippen LogP contribution in [0.3, 0.4) is 0 Å². The van der Waals surface area contributed by atoms with Crippen LogP contribution in [0, 0.1) is 11.7 Å². The van der Waals surface area contributed by atoms with Crippen LogP contribution < -0.4 is 10.2 Å². The first kappa shape index (κ1) is 14.3. The second kappa shape index (κ2) is 6.90. The van der Waals surface area contributed by atoms with E-state index in [1.165, 1.54) is 25.7 Å². The Labute approximate surface area is 116 Å². The van der Waals surface area contributed by atoms with E-state index in [1.54, 1.807) is 6.07 Å². The number of benzene rings is 1. The summed E-state index contributed by atoms with van der Waals surface area (Å²) in [5.74, 6) is 0.640. The van der Waals surface area contributed by atoms with Gasteiger partial charge in [0.2, 0.25) is 0 Å². The minimum Gasteiger partial charge on any atom is -0.372 e. The lowest BCUT2D eigenvalue weighted by Gasteiger charge is -2.23. The molecule has 1 aliphatic rings. The Hall–Kier alpha value is -1.09. The summed E-state index contributed by atoms with van der Waals surface area (Å²) < 4.78 is 14.1. The average Bonchev–Trinajstić information content (AvgIpc) is 2.89. The van der Waals surface area contributed by atoms with E-state index in [-0.39, 0.29) is 5.82 Å². The Morgan fingerprint density at radius 2 is 2.05 bits per heavy atom. The van der Waals surface area contributed by atoms with Crippen molar-refractivity contribution in [2.24, 2.45) is 5.92 Å². The molecule has 0 saturated heterocycles. The molecule has 1 N–H and O–H groups in total. The van der Waals surface area contributed by atoms with Gasteiger partial charge in [-0.1, -0.05) is 25.8 Å². The summed E-state index contributed by atoms with van der Waals surface area (Å²) >= 11 is 0. The van der Waals surface area contributed by atoms with Crippen LogP contribution in [-0.4, -0.2) is 20.1 Å². The molecule has 3 heteroatoms. The quantitative estimate of drug-likeness (QED) is 0.845. The van der Waals surface area contributed by atoms with Gasteiger partial charge >= 0.3 is 0 Å². The predicted octanol–water partition coefficient (Wildman–Crippen LogP) is 3.56. The highest BCUT2D eigenvalue weighted by atomic mass is 19.1. The van der Waals surface area contributed by atoms with Crippen molar-refractivity contribution in [2.45, 2.75) is 39.2 Å². The predicted molar refractivity (Wildman–Crippen MR) is 79.0 cm³/mol. The largest absolute Gasteiger partial charge is 0.372 e. The first-order valence-electron chi connectivity index (χ1n) is 7.41. The highest BCUT2D eigenvalue weighted by Gasteiger charge is 2.18.